The van der Waals surface area contributed by atoms with Gasteiger partial charge in [0.2, 0.25) is 0 Å². The molecule has 3 nitrogen and oxygen atoms in total. The van der Waals surface area contributed by atoms with Crippen molar-refractivity contribution < 1.29 is 14.3 Å². The Morgan fingerprint density at radius 1 is 1.25 bits per heavy atom. The van der Waals surface area contributed by atoms with Gasteiger partial charge in [-0.2, -0.15) is 0 Å². The fourth-order valence-electron chi connectivity index (χ4n) is 1.82. The first-order chi connectivity index (χ1) is 7.35. The van der Waals surface area contributed by atoms with Crippen molar-refractivity contribution in [2.75, 3.05) is 19.8 Å². The third kappa shape index (κ3) is 9.97. The molecule has 0 aromatic rings. The third-order valence-corrected chi connectivity index (χ3v) is 2.17. The van der Waals surface area contributed by atoms with Gasteiger partial charge in [0.1, 0.15) is 6.61 Å². The summed E-state index contributed by atoms with van der Waals surface area (Å²) in [6.07, 6.45) is 1.54. The molecular formula is C13H26O3. The van der Waals surface area contributed by atoms with Gasteiger partial charge in [-0.1, -0.05) is 27.7 Å². The topological polar surface area (TPSA) is 35.5 Å². The van der Waals surface area contributed by atoms with Crippen molar-refractivity contribution in [3.63, 3.8) is 0 Å². The van der Waals surface area contributed by atoms with Gasteiger partial charge in [-0.15, -0.1) is 0 Å². The van der Waals surface area contributed by atoms with Crippen LogP contribution in [0, 0.1) is 11.3 Å². The fourth-order valence-corrected chi connectivity index (χ4v) is 1.82. The van der Waals surface area contributed by atoms with Gasteiger partial charge in [-0.25, -0.2) is 0 Å². The minimum Gasteiger partial charge on any atom is -0.463 e. The van der Waals surface area contributed by atoms with Gasteiger partial charge < -0.3 is 9.47 Å². The zero-order valence-corrected chi connectivity index (χ0v) is 11.3. The molecule has 3 heteroatoms. The van der Waals surface area contributed by atoms with Crippen LogP contribution in [0.4, 0.5) is 0 Å². The number of carbonyl (C=O) groups excluding carboxylic acids is 1. The van der Waals surface area contributed by atoms with Crippen LogP contribution >= 0.6 is 0 Å². The average Bonchev–Trinajstić information content (AvgIpc) is 2.09. The molecule has 0 aromatic heterocycles. The number of rotatable bonds is 7. The Balaban J connectivity index is 3.62. The van der Waals surface area contributed by atoms with Gasteiger partial charge in [0.05, 0.1) is 6.61 Å². The monoisotopic (exact) mass is 230 g/mol. The highest BCUT2D eigenvalue weighted by Gasteiger charge is 2.18. The molecule has 0 saturated heterocycles. The Morgan fingerprint density at radius 3 is 2.38 bits per heavy atom. The second-order valence-corrected chi connectivity index (χ2v) is 5.49. The lowest BCUT2D eigenvalue weighted by Crippen LogP contribution is -2.17. The minimum absolute atomic E-state index is 0.114. The SMILES string of the molecule is CCOCCOC(=O)CC(C)CC(C)(C)C. The van der Waals surface area contributed by atoms with E-state index in [1.807, 2.05) is 6.92 Å². The van der Waals surface area contributed by atoms with E-state index in [4.69, 9.17) is 9.47 Å². The van der Waals surface area contributed by atoms with Crippen LogP contribution in [-0.4, -0.2) is 25.8 Å². The Hall–Kier alpha value is -0.570. The average molecular weight is 230 g/mol. The van der Waals surface area contributed by atoms with E-state index < -0.39 is 0 Å². The summed E-state index contributed by atoms with van der Waals surface area (Å²) < 4.78 is 10.2. The maximum Gasteiger partial charge on any atom is 0.306 e. The second kappa shape index (κ2) is 7.66. The normalized spacial score (nSPS) is 13.6. The Morgan fingerprint density at radius 2 is 1.88 bits per heavy atom. The smallest absolute Gasteiger partial charge is 0.306 e. The van der Waals surface area contributed by atoms with Crippen molar-refractivity contribution in [3.05, 3.63) is 0 Å². The molecule has 0 amide bonds. The molecule has 0 spiro atoms. The zero-order chi connectivity index (χ0) is 12.6. The molecule has 1 unspecified atom stereocenters. The van der Waals surface area contributed by atoms with Crippen molar-refractivity contribution in [1.29, 1.82) is 0 Å². The molecule has 0 radical (unpaired) electrons. The lowest BCUT2D eigenvalue weighted by atomic mass is 9.84. The van der Waals surface area contributed by atoms with Crippen LogP contribution in [0.1, 0.15) is 47.5 Å². The first-order valence-electron chi connectivity index (χ1n) is 6.08. The predicted molar refractivity (Wildman–Crippen MR) is 65.3 cm³/mol. The highest BCUT2D eigenvalue weighted by molar-refractivity contribution is 5.69. The van der Waals surface area contributed by atoms with E-state index >= 15 is 0 Å². The lowest BCUT2D eigenvalue weighted by molar-refractivity contribution is -0.146. The summed E-state index contributed by atoms with van der Waals surface area (Å²) in [4.78, 5) is 11.4. The molecule has 16 heavy (non-hydrogen) atoms. The highest BCUT2D eigenvalue weighted by atomic mass is 16.6. The fraction of sp³-hybridized carbons (Fsp3) is 0.923. The van der Waals surface area contributed by atoms with Gasteiger partial charge in [0, 0.05) is 13.0 Å². The standard InChI is InChI=1S/C13H26O3/c1-6-15-7-8-16-12(14)9-11(2)10-13(3,4)5/h11H,6-10H2,1-5H3. The van der Waals surface area contributed by atoms with E-state index in [0.29, 0.717) is 32.2 Å². The molecule has 0 aliphatic rings. The van der Waals surface area contributed by atoms with Crippen molar-refractivity contribution in [2.45, 2.75) is 47.5 Å². The van der Waals surface area contributed by atoms with E-state index in [-0.39, 0.29) is 11.4 Å². The highest BCUT2D eigenvalue weighted by Crippen LogP contribution is 2.25. The Kier molecular flexibility index (Phi) is 7.39. The van der Waals surface area contributed by atoms with E-state index in [1.165, 1.54) is 0 Å². The summed E-state index contributed by atoms with van der Waals surface area (Å²) in [5.74, 6) is 0.260. The van der Waals surface area contributed by atoms with Crippen LogP contribution in [0.15, 0.2) is 0 Å². The van der Waals surface area contributed by atoms with E-state index in [9.17, 15) is 4.79 Å². The third-order valence-electron chi connectivity index (χ3n) is 2.17. The number of carbonyl (C=O) groups is 1. The zero-order valence-electron chi connectivity index (χ0n) is 11.3. The molecule has 0 aliphatic heterocycles. The maximum absolute atomic E-state index is 11.4. The number of ether oxygens (including phenoxy) is 2. The molecule has 0 aliphatic carbocycles. The summed E-state index contributed by atoms with van der Waals surface area (Å²) in [5.41, 5.74) is 0.269. The molecule has 1 atom stereocenters. The molecule has 0 fully saturated rings. The van der Waals surface area contributed by atoms with Gasteiger partial charge in [-0.3, -0.25) is 4.79 Å². The first-order valence-corrected chi connectivity index (χ1v) is 6.08. The van der Waals surface area contributed by atoms with Gasteiger partial charge in [0.25, 0.3) is 0 Å². The summed E-state index contributed by atoms with van der Waals surface area (Å²) in [6, 6.07) is 0. The van der Waals surface area contributed by atoms with Crippen LogP contribution in [0.3, 0.4) is 0 Å². The number of esters is 1. The van der Waals surface area contributed by atoms with Crippen LogP contribution < -0.4 is 0 Å². The van der Waals surface area contributed by atoms with E-state index in [1.54, 1.807) is 0 Å². The summed E-state index contributed by atoms with van der Waals surface area (Å²) >= 11 is 0. The minimum atomic E-state index is -0.114. The van der Waals surface area contributed by atoms with Crippen molar-refractivity contribution >= 4 is 5.97 Å². The molecule has 0 rings (SSSR count). The van der Waals surface area contributed by atoms with Crippen molar-refractivity contribution in [2.24, 2.45) is 11.3 Å². The maximum atomic E-state index is 11.4. The van der Waals surface area contributed by atoms with Gasteiger partial charge >= 0.3 is 5.97 Å². The molecular weight excluding hydrogens is 204 g/mol. The van der Waals surface area contributed by atoms with Crippen LogP contribution in [-0.2, 0) is 14.3 Å². The Labute approximate surface area is 99.5 Å². The molecule has 0 heterocycles. The molecule has 0 aromatic carbocycles. The van der Waals surface area contributed by atoms with Crippen molar-refractivity contribution in [3.8, 4) is 0 Å². The number of hydrogen-bond acceptors (Lipinski definition) is 3. The molecule has 0 N–H and O–H groups in total. The van der Waals surface area contributed by atoms with Gasteiger partial charge in [0.15, 0.2) is 0 Å². The van der Waals surface area contributed by atoms with E-state index in [0.717, 1.165) is 6.42 Å². The van der Waals surface area contributed by atoms with Crippen molar-refractivity contribution in [1.82, 2.24) is 0 Å². The largest absolute Gasteiger partial charge is 0.463 e. The summed E-state index contributed by atoms with van der Waals surface area (Å²) in [7, 11) is 0. The van der Waals surface area contributed by atoms with Gasteiger partial charge in [-0.05, 0) is 24.7 Å². The van der Waals surface area contributed by atoms with Crippen LogP contribution in [0.5, 0.6) is 0 Å². The Bertz CT molecular complexity index is 194. The molecule has 0 saturated carbocycles. The van der Waals surface area contributed by atoms with Crippen LogP contribution in [0.25, 0.3) is 0 Å². The van der Waals surface area contributed by atoms with Crippen LogP contribution in [0.2, 0.25) is 0 Å². The predicted octanol–water partition coefficient (Wildman–Crippen LogP) is 3.03. The lowest BCUT2D eigenvalue weighted by Gasteiger charge is -2.22. The second-order valence-electron chi connectivity index (χ2n) is 5.49. The number of hydrogen-bond donors (Lipinski definition) is 0. The first kappa shape index (κ1) is 15.4. The molecule has 96 valence electrons. The summed E-state index contributed by atoms with van der Waals surface area (Å²) in [5, 5.41) is 0. The van der Waals surface area contributed by atoms with E-state index in [2.05, 4.69) is 27.7 Å². The quantitative estimate of drug-likeness (QED) is 0.498. The molecule has 0 bridgehead atoms. The summed E-state index contributed by atoms with van der Waals surface area (Å²) in [6.45, 7) is 12.1.